The summed E-state index contributed by atoms with van der Waals surface area (Å²) < 4.78 is 26.8. The average molecular weight is 260 g/mol. The summed E-state index contributed by atoms with van der Waals surface area (Å²) in [4.78, 5) is 0. The molecule has 17 heavy (non-hydrogen) atoms. The minimum absolute atomic E-state index is 0.131. The van der Waals surface area contributed by atoms with Crippen LogP contribution >= 0.6 is 0 Å². The van der Waals surface area contributed by atoms with E-state index in [0.29, 0.717) is 18.5 Å². The van der Waals surface area contributed by atoms with E-state index >= 15 is 0 Å². The Labute approximate surface area is 104 Å². The molecule has 0 aromatic rings. The molecular formula is C12H24N2O2S. The summed E-state index contributed by atoms with van der Waals surface area (Å²) in [5.41, 5.74) is 5.84. The summed E-state index contributed by atoms with van der Waals surface area (Å²) in [5.74, 6) is 0.492. The third kappa shape index (κ3) is 3.66. The van der Waals surface area contributed by atoms with Gasteiger partial charge in [-0.05, 0) is 44.4 Å². The van der Waals surface area contributed by atoms with Crippen molar-refractivity contribution in [3.63, 3.8) is 0 Å². The van der Waals surface area contributed by atoms with E-state index in [4.69, 9.17) is 5.73 Å². The van der Waals surface area contributed by atoms with Crippen molar-refractivity contribution in [2.45, 2.75) is 62.7 Å². The van der Waals surface area contributed by atoms with Gasteiger partial charge in [0, 0.05) is 12.6 Å². The molecule has 2 rings (SSSR count). The zero-order valence-electron chi connectivity index (χ0n) is 10.4. The standard InChI is InChI=1S/C12H24N2O2S/c13-11-7-5-10(6-8-11)9-14-17(15,16)12-3-1-2-4-12/h10-12,14H,1-9,13H2. The number of hydrogen-bond donors (Lipinski definition) is 2. The van der Waals surface area contributed by atoms with Crippen molar-refractivity contribution in [1.29, 1.82) is 0 Å². The largest absolute Gasteiger partial charge is 0.328 e. The van der Waals surface area contributed by atoms with Crippen molar-refractivity contribution in [1.82, 2.24) is 4.72 Å². The molecule has 0 spiro atoms. The lowest BCUT2D eigenvalue weighted by Gasteiger charge is -2.26. The Morgan fingerprint density at radius 2 is 1.59 bits per heavy atom. The minimum atomic E-state index is -3.05. The second kappa shape index (κ2) is 5.67. The van der Waals surface area contributed by atoms with Crippen molar-refractivity contribution < 1.29 is 8.42 Å². The van der Waals surface area contributed by atoms with Gasteiger partial charge in [-0.2, -0.15) is 0 Å². The Balaban J connectivity index is 1.77. The van der Waals surface area contributed by atoms with Crippen LogP contribution in [0.2, 0.25) is 0 Å². The second-order valence-corrected chi connectivity index (χ2v) is 7.63. The lowest BCUT2D eigenvalue weighted by molar-refractivity contribution is 0.326. The first kappa shape index (κ1) is 13.3. The number of sulfonamides is 1. The Hall–Kier alpha value is -0.130. The van der Waals surface area contributed by atoms with E-state index in [9.17, 15) is 8.42 Å². The molecule has 0 aromatic carbocycles. The molecule has 100 valence electrons. The monoisotopic (exact) mass is 260 g/mol. The Kier molecular flexibility index (Phi) is 4.44. The third-order valence-corrected chi connectivity index (χ3v) is 6.12. The molecule has 0 unspecified atom stereocenters. The number of nitrogens with one attached hydrogen (secondary N) is 1. The normalized spacial score (nSPS) is 31.8. The number of rotatable bonds is 4. The van der Waals surface area contributed by atoms with Gasteiger partial charge >= 0.3 is 0 Å². The van der Waals surface area contributed by atoms with Crippen LogP contribution in [0.1, 0.15) is 51.4 Å². The number of nitrogens with two attached hydrogens (primary N) is 1. The summed E-state index contributed by atoms with van der Waals surface area (Å²) in [5, 5.41) is -0.131. The van der Waals surface area contributed by atoms with Crippen molar-refractivity contribution >= 4 is 10.0 Å². The molecule has 2 aliphatic rings. The fraction of sp³-hybridized carbons (Fsp3) is 1.00. The molecule has 5 heteroatoms. The molecule has 0 radical (unpaired) electrons. The third-order valence-electron chi connectivity index (χ3n) is 4.21. The molecule has 0 atom stereocenters. The molecule has 2 fully saturated rings. The molecule has 4 nitrogen and oxygen atoms in total. The summed E-state index contributed by atoms with van der Waals surface area (Å²) in [7, 11) is -3.05. The van der Waals surface area contributed by atoms with Crippen molar-refractivity contribution in [2.24, 2.45) is 11.7 Å². The van der Waals surface area contributed by atoms with Crippen LogP contribution in [0.3, 0.4) is 0 Å². The maximum Gasteiger partial charge on any atom is 0.214 e. The lowest BCUT2D eigenvalue weighted by Crippen LogP contribution is -2.38. The molecule has 0 bridgehead atoms. The second-order valence-electron chi connectivity index (χ2n) is 5.58. The summed E-state index contributed by atoms with van der Waals surface area (Å²) in [6.07, 6.45) is 8.00. The van der Waals surface area contributed by atoms with E-state index in [1.54, 1.807) is 0 Å². The average Bonchev–Trinajstić information content (AvgIpc) is 2.82. The molecule has 2 saturated carbocycles. The zero-order chi connectivity index (χ0) is 12.3. The quantitative estimate of drug-likeness (QED) is 0.802. The molecule has 0 aliphatic heterocycles. The maximum absolute atomic E-state index is 12.0. The van der Waals surface area contributed by atoms with E-state index in [1.807, 2.05) is 0 Å². The van der Waals surface area contributed by atoms with Gasteiger partial charge in [-0.15, -0.1) is 0 Å². The van der Waals surface area contributed by atoms with Gasteiger partial charge in [0.05, 0.1) is 5.25 Å². The van der Waals surface area contributed by atoms with E-state index in [-0.39, 0.29) is 5.25 Å². The molecule has 0 saturated heterocycles. The highest BCUT2D eigenvalue weighted by atomic mass is 32.2. The zero-order valence-corrected chi connectivity index (χ0v) is 11.2. The van der Waals surface area contributed by atoms with Crippen molar-refractivity contribution in [3.05, 3.63) is 0 Å². The fourth-order valence-electron chi connectivity index (χ4n) is 2.94. The van der Waals surface area contributed by atoms with E-state index in [0.717, 1.165) is 51.4 Å². The Morgan fingerprint density at radius 1 is 1.00 bits per heavy atom. The topological polar surface area (TPSA) is 72.2 Å². The van der Waals surface area contributed by atoms with Crippen LogP contribution in [0.25, 0.3) is 0 Å². The first-order valence-electron chi connectivity index (χ1n) is 6.82. The Morgan fingerprint density at radius 3 is 2.18 bits per heavy atom. The first-order valence-corrected chi connectivity index (χ1v) is 8.36. The predicted octanol–water partition coefficient (Wildman–Crippen LogP) is 1.37. The van der Waals surface area contributed by atoms with Crippen molar-refractivity contribution in [2.75, 3.05) is 6.54 Å². The van der Waals surface area contributed by atoms with Crippen LogP contribution in [-0.4, -0.2) is 26.3 Å². The summed E-state index contributed by atoms with van der Waals surface area (Å²) in [6.45, 7) is 0.617. The predicted molar refractivity (Wildman–Crippen MR) is 69.1 cm³/mol. The van der Waals surface area contributed by atoms with Gasteiger partial charge in [0.15, 0.2) is 0 Å². The van der Waals surface area contributed by atoms with Gasteiger partial charge in [0.2, 0.25) is 10.0 Å². The van der Waals surface area contributed by atoms with Crippen LogP contribution in [0, 0.1) is 5.92 Å². The van der Waals surface area contributed by atoms with E-state index in [1.165, 1.54) is 0 Å². The van der Waals surface area contributed by atoms with Gasteiger partial charge in [-0.1, -0.05) is 12.8 Å². The van der Waals surface area contributed by atoms with Gasteiger partial charge in [-0.3, -0.25) is 0 Å². The fourth-order valence-corrected chi connectivity index (χ4v) is 4.60. The highest BCUT2D eigenvalue weighted by Crippen LogP contribution is 2.26. The van der Waals surface area contributed by atoms with Gasteiger partial charge in [0.1, 0.15) is 0 Å². The van der Waals surface area contributed by atoms with Gasteiger partial charge < -0.3 is 5.73 Å². The highest BCUT2D eigenvalue weighted by Gasteiger charge is 2.29. The SMILES string of the molecule is NC1CCC(CNS(=O)(=O)C2CCCC2)CC1. The van der Waals surface area contributed by atoms with Crippen molar-refractivity contribution in [3.8, 4) is 0 Å². The first-order chi connectivity index (χ1) is 8.08. The van der Waals surface area contributed by atoms with E-state index in [2.05, 4.69) is 4.72 Å². The Bertz CT molecular complexity index is 328. The molecule has 0 heterocycles. The smallest absolute Gasteiger partial charge is 0.214 e. The molecular weight excluding hydrogens is 236 g/mol. The van der Waals surface area contributed by atoms with Crippen LogP contribution in [0.4, 0.5) is 0 Å². The molecule has 3 N–H and O–H groups in total. The molecule has 0 amide bonds. The molecule has 0 aromatic heterocycles. The maximum atomic E-state index is 12.0. The van der Waals surface area contributed by atoms with E-state index < -0.39 is 10.0 Å². The summed E-state index contributed by atoms with van der Waals surface area (Å²) >= 11 is 0. The van der Waals surface area contributed by atoms with Crippen LogP contribution in [-0.2, 0) is 10.0 Å². The van der Waals surface area contributed by atoms with Crippen LogP contribution in [0.15, 0.2) is 0 Å². The molecule has 2 aliphatic carbocycles. The highest BCUT2D eigenvalue weighted by molar-refractivity contribution is 7.90. The van der Waals surface area contributed by atoms with Gasteiger partial charge in [-0.25, -0.2) is 13.1 Å². The number of hydrogen-bond acceptors (Lipinski definition) is 3. The van der Waals surface area contributed by atoms with Gasteiger partial charge in [0.25, 0.3) is 0 Å². The van der Waals surface area contributed by atoms with Crippen LogP contribution < -0.4 is 10.5 Å². The summed E-state index contributed by atoms with van der Waals surface area (Å²) in [6, 6.07) is 0.331. The minimum Gasteiger partial charge on any atom is -0.328 e. The van der Waals surface area contributed by atoms with Crippen LogP contribution in [0.5, 0.6) is 0 Å². The lowest BCUT2D eigenvalue weighted by atomic mass is 9.87.